The van der Waals surface area contributed by atoms with Gasteiger partial charge >= 0.3 is 0 Å². The summed E-state index contributed by atoms with van der Waals surface area (Å²) in [5, 5.41) is 4.28. The minimum atomic E-state index is -0.196. The van der Waals surface area contributed by atoms with Crippen LogP contribution in [0.15, 0.2) is 53.6 Å². The van der Waals surface area contributed by atoms with Gasteiger partial charge in [0.2, 0.25) is 0 Å². The van der Waals surface area contributed by atoms with Crippen LogP contribution >= 0.6 is 0 Å². The van der Waals surface area contributed by atoms with Gasteiger partial charge in [-0.25, -0.2) is 5.43 Å². The largest absolute Gasteiger partial charge is 0.378 e. The first-order chi connectivity index (χ1) is 13.0. The molecule has 0 heterocycles. The van der Waals surface area contributed by atoms with Crippen molar-refractivity contribution in [3.8, 4) is 0 Å². The van der Waals surface area contributed by atoms with Crippen LogP contribution in [-0.2, 0) is 0 Å². The Morgan fingerprint density at radius 1 is 0.926 bits per heavy atom. The molecule has 0 bridgehead atoms. The third kappa shape index (κ3) is 4.97. The Bertz CT molecular complexity index is 785. The highest BCUT2D eigenvalue weighted by molar-refractivity contribution is 6.00. The molecule has 2 aromatic carbocycles. The van der Waals surface area contributed by atoms with E-state index in [1.54, 1.807) is 0 Å². The number of carbonyl (C=O) groups is 1. The van der Waals surface area contributed by atoms with Crippen LogP contribution in [0.2, 0.25) is 0 Å². The van der Waals surface area contributed by atoms with E-state index >= 15 is 0 Å². The van der Waals surface area contributed by atoms with Gasteiger partial charge in [0.25, 0.3) is 5.91 Å². The van der Waals surface area contributed by atoms with Gasteiger partial charge in [-0.3, -0.25) is 4.79 Å². The van der Waals surface area contributed by atoms with Gasteiger partial charge in [0.05, 0.1) is 5.71 Å². The quantitative estimate of drug-likeness (QED) is 0.603. The molecule has 0 saturated heterocycles. The summed E-state index contributed by atoms with van der Waals surface area (Å²) < 4.78 is 0. The van der Waals surface area contributed by atoms with Crippen molar-refractivity contribution in [1.82, 2.24) is 5.43 Å². The number of nitrogens with zero attached hydrogens (tertiary/aromatic N) is 2. The maximum atomic E-state index is 12.3. The van der Waals surface area contributed by atoms with Crippen molar-refractivity contribution in [3.05, 3.63) is 65.2 Å². The lowest BCUT2D eigenvalue weighted by molar-refractivity contribution is 0.0955. The number of hydrogen-bond donors (Lipinski definition) is 1. The number of carbonyl (C=O) groups excluding carboxylic acids is 1. The monoisotopic (exact) mass is 363 g/mol. The predicted octanol–water partition coefficient (Wildman–Crippen LogP) is 4.95. The topological polar surface area (TPSA) is 44.7 Å². The molecule has 0 aromatic heterocycles. The van der Waals surface area contributed by atoms with Gasteiger partial charge in [0.1, 0.15) is 0 Å². The summed E-state index contributed by atoms with van der Waals surface area (Å²) in [6.45, 7) is 1.92. The average Bonchev–Trinajstić information content (AvgIpc) is 2.72. The van der Waals surface area contributed by atoms with E-state index in [-0.39, 0.29) is 5.91 Å². The fourth-order valence-corrected chi connectivity index (χ4v) is 3.61. The van der Waals surface area contributed by atoms with Crippen LogP contribution in [0, 0.1) is 0 Å². The van der Waals surface area contributed by atoms with E-state index in [9.17, 15) is 4.79 Å². The van der Waals surface area contributed by atoms with E-state index in [4.69, 9.17) is 0 Å². The van der Waals surface area contributed by atoms with Crippen molar-refractivity contribution >= 4 is 17.3 Å². The molecule has 0 spiro atoms. The van der Waals surface area contributed by atoms with Gasteiger partial charge in [0, 0.05) is 25.3 Å². The second-order valence-corrected chi connectivity index (χ2v) is 7.54. The Balaban J connectivity index is 1.61. The Kier molecular flexibility index (Phi) is 6.28. The summed E-state index contributed by atoms with van der Waals surface area (Å²) in [6, 6.07) is 16.1. The van der Waals surface area contributed by atoms with Crippen molar-refractivity contribution in [3.63, 3.8) is 0 Å². The zero-order valence-electron chi connectivity index (χ0n) is 16.5. The van der Waals surface area contributed by atoms with Gasteiger partial charge < -0.3 is 4.90 Å². The molecule has 1 saturated carbocycles. The van der Waals surface area contributed by atoms with Crippen molar-refractivity contribution in [2.24, 2.45) is 5.10 Å². The molecule has 1 fully saturated rings. The molecular formula is C23H29N3O. The average molecular weight is 364 g/mol. The first kappa shape index (κ1) is 19.2. The van der Waals surface area contributed by atoms with Crippen LogP contribution in [0.5, 0.6) is 0 Å². The lowest BCUT2D eigenvalue weighted by Gasteiger charge is -2.22. The standard InChI is InChI=1S/C23H29N3O/c1-17(18-9-11-20(12-10-18)19-7-5-4-6-8-19)24-25-23(27)21-13-15-22(16-14-21)26(2)3/h9-16,19H,4-8H2,1-3H3,(H,25,27). The highest BCUT2D eigenvalue weighted by Crippen LogP contribution is 2.32. The molecule has 142 valence electrons. The highest BCUT2D eigenvalue weighted by Gasteiger charge is 2.15. The number of hydrogen-bond acceptors (Lipinski definition) is 3. The molecule has 0 atom stereocenters. The number of rotatable bonds is 5. The molecule has 0 aliphatic heterocycles. The van der Waals surface area contributed by atoms with Crippen LogP contribution in [0.1, 0.15) is 66.4 Å². The summed E-state index contributed by atoms with van der Waals surface area (Å²) in [7, 11) is 3.95. The predicted molar refractivity (Wildman–Crippen MR) is 113 cm³/mol. The van der Waals surface area contributed by atoms with Crippen LogP contribution in [-0.4, -0.2) is 25.7 Å². The normalized spacial score (nSPS) is 15.4. The van der Waals surface area contributed by atoms with Crippen molar-refractivity contribution in [2.75, 3.05) is 19.0 Å². The first-order valence-corrected chi connectivity index (χ1v) is 9.77. The summed E-state index contributed by atoms with van der Waals surface area (Å²) in [5.74, 6) is 0.508. The summed E-state index contributed by atoms with van der Waals surface area (Å²) in [4.78, 5) is 14.3. The molecule has 1 N–H and O–H groups in total. The van der Waals surface area contributed by atoms with Crippen molar-refractivity contribution in [2.45, 2.75) is 44.9 Å². The number of benzene rings is 2. The van der Waals surface area contributed by atoms with E-state index < -0.39 is 0 Å². The molecule has 3 rings (SSSR count). The third-order valence-electron chi connectivity index (χ3n) is 5.38. The Labute approximate surface area is 162 Å². The van der Waals surface area contributed by atoms with Crippen LogP contribution in [0.4, 0.5) is 5.69 Å². The smallest absolute Gasteiger partial charge is 0.271 e. The van der Waals surface area contributed by atoms with E-state index in [1.165, 1.54) is 37.7 Å². The molecule has 1 aliphatic rings. The summed E-state index contributed by atoms with van der Waals surface area (Å²) >= 11 is 0. The molecule has 4 heteroatoms. The second-order valence-electron chi connectivity index (χ2n) is 7.54. The molecule has 1 aliphatic carbocycles. The SMILES string of the molecule is CC(=NNC(=O)c1ccc(N(C)C)cc1)c1ccc(C2CCCCC2)cc1. The number of amides is 1. The van der Waals surface area contributed by atoms with E-state index in [1.807, 2.05) is 50.2 Å². The van der Waals surface area contributed by atoms with Crippen LogP contribution in [0.3, 0.4) is 0 Å². The molecule has 0 unspecified atom stereocenters. The summed E-state index contributed by atoms with van der Waals surface area (Å²) in [6.07, 6.45) is 6.66. The van der Waals surface area contributed by atoms with Crippen molar-refractivity contribution < 1.29 is 4.79 Å². The van der Waals surface area contributed by atoms with Crippen LogP contribution in [0.25, 0.3) is 0 Å². The van der Waals surface area contributed by atoms with Crippen molar-refractivity contribution in [1.29, 1.82) is 0 Å². The van der Waals surface area contributed by atoms with Gasteiger partial charge in [-0.1, -0.05) is 43.5 Å². The molecule has 4 nitrogen and oxygen atoms in total. The molecule has 1 amide bonds. The molecular weight excluding hydrogens is 334 g/mol. The highest BCUT2D eigenvalue weighted by atomic mass is 16.2. The number of anilines is 1. The maximum absolute atomic E-state index is 12.3. The van der Waals surface area contributed by atoms with Gasteiger partial charge in [-0.05, 0) is 61.1 Å². The minimum Gasteiger partial charge on any atom is -0.378 e. The zero-order chi connectivity index (χ0) is 19.2. The van der Waals surface area contributed by atoms with Crippen LogP contribution < -0.4 is 10.3 Å². The van der Waals surface area contributed by atoms with Gasteiger partial charge in [-0.2, -0.15) is 5.10 Å². The molecule has 27 heavy (non-hydrogen) atoms. The number of hydrazone groups is 1. The molecule has 0 radical (unpaired) electrons. The van der Waals surface area contributed by atoms with E-state index in [2.05, 4.69) is 34.8 Å². The number of nitrogens with one attached hydrogen (secondary N) is 1. The fraction of sp³-hybridized carbons (Fsp3) is 0.391. The van der Waals surface area contributed by atoms with E-state index in [0.717, 1.165) is 17.0 Å². The Morgan fingerprint density at radius 2 is 1.52 bits per heavy atom. The first-order valence-electron chi connectivity index (χ1n) is 9.77. The zero-order valence-corrected chi connectivity index (χ0v) is 16.5. The summed E-state index contributed by atoms with van der Waals surface area (Å²) in [5.41, 5.74) is 7.60. The Hall–Kier alpha value is -2.62. The maximum Gasteiger partial charge on any atom is 0.271 e. The second kappa shape index (κ2) is 8.85. The van der Waals surface area contributed by atoms with Gasteiger partial charge in [-0.15, -0.1) is 0 Å². The van der Waals surface area contributed by atoms with E-state index in [0.29, 0.717) is 11.5 Å². The third-order valence-corrected chi connectivity index (χ3v) is 5.38. The molecule has 2 aromatic rings. The fourth-order valence-electron chi connectivity index (χ4n) is 3.61. The Morgan fingerprint density at radius 3 is 2.11 bits per heavy atom. The lowest BCUT2D eigenvalue weighted by Crippen LogP contribution is -2.19. The minimum absolute atomic E-state index is 0.196. The lowest BCUT2D eigenvalue weighted by atomic mass is 9.84. The van der Waals surface area contributed by atoms with Gasteiger partial charge in [0.15, 0.2) is 0 Å².